The van der Waals surface area contributed by atoms with Gasteiger partial charge in [0.25, 0.3) is 5.91 Å². The van der Waals surface area contributed by atoms with E-state index in [4.69, 9.17) is 14.2 Å². The van der Waals surface area contributed by atoms with Gasteiger partial charge in [-0.25, -0.2) is 0 Å². The van der Waals surface area contributed by atoms with E-state index in [0.717, 1.165) is 5.56 Å². The number of aryl methyl sites for hydroxylation is 1. The lowest BCUT2D eigenvalue weighted by Gasteiger charge is -2.19. The molecule has 0 bridgehead atoms. The molecule has 2 N–H and O–H groups in total. The van der Waals surface area contributed by atoms with Gasteiger partial charge in [0.15, 0.2) is 12.4 Å². The van der Waals surface area contributed by atoms with E-state index in [0.29, 0.717) is 24.7 Å². The number of hydrogen-bond donors (Lipinski definition) is 2. The summed E-state index contributed by atoms with van der Waals surface area (Å²) in [5, 5.41) is 9.38. The standard InChI is InChI=1S/C16H19N3O4/c1-11-2-4-12(5-3-11)22-10-16(20)19-14-8-21-9-15(14)23-13-6-17-18-7-13/h2-7,14-15H,8-10H2,1H3,(H,17,18)(H,19,20)/t14-,15+/m0/s1. The minimum atomic E-state index is -0.240. The van der Waals surface area contributed by atoms with Crippen LogP contribution < -0.4 is 14.8 Å². The van der Waals surface area contributed by atoms with Crippen LogP contribution in [0.15, 0.2) is 36.7 Å². The number of benzene rings is 1. The third-order valence-corrected chi connectivity index (χ3v) is 3.53. The molecule has 1 aromatic heterocycles. The van der Waals surface area contributed by atoms with E-state index in [1.165, 1.54) is 0 Å². The monoisotopic (exact) mass is 317 g/mol. The first-order valence-corrected chi connectivity index (χ1v) is 7.43. The highest BCUT2D eigenvalue weighted by atomic mass is 16.5. The Hall–Kier alpha value is -2.54. The van der Waals surface area contributed by atoms with Gasteiger partial charge in [-0.1, -0.05) is 17.7 Å². The summed E-state index contributed by atoms with van der Waals surface area (Å²) in [6.45, 7) is 2.79. The first kappa shape index (κ1) is 15.4. The van der Waals surface area contributed by atoms with Crippen molar-refractivity contribution in [1.82, 2.24) is 15.5 Å². The van der Waals surface area contributed by atoms with E-state index >= 15 is 0 Å². The summed E-state index contributed by atoms with van der Waals surface area (Å²) in [4.78, 5) is 12.0. The molecule has 122 valence electrons. The Bertz CT molecular complexity index is 627. The Morgan fingerprint density at radius 3 is 2.91 bits per heavy atom. The molecule has 1 aliphatic heterocycles. The summed E-state index contributed by atoms with van der Waals surface area (Å²) >= 11 is 0. The number of carbonyl (C=O) groups excluding carboxylic acids is 1. The van der Waals surface area contributed by atoms with Crippen molar-refractivity contribution in [2.75, 3.05) is 19.8 Å². The van der Waals surface area contributed by atoms with Crippen molar-refractivity contribution >= 4 is 5.91 Å². The maximum Gasteiger partial charge on any atom is 0.258 e. The number of aromatic amines is 1. The highest BCUT2D eigenvalue weighted by molar-refractivity contribution is 5.78. The fraction of sp³-hybridized carbons (Fsp3) is 0.375. The van der Waals surface area contributed by atoms with Crippen molar-refractivity contribution in [2.24, 2.45) is 0 Å². The average Bonchev–Trinajstić information content (AvgIpc) is 3.20. The summed E-state index contributed by atoms with van der Waals surface area (Å²) in [5.74, 6) is 1.08. The number of carbonyl (C=O) groups is 1. The third-order valence-electron chi connectivity index (χ3n) is 3.53. The summed E-state index contributed by atoms with van der Waals surface area (Å²) in [6.07, 6.45) is 2.99. The molecule has 1 saturated heterocycles. The van der Waals surface area contributed by atoms with Gasteiger partial charge < -0.3 is 19.5 Å². The van der Waals surface area contributed by atoms with Crippen molar-refractivity contribution in [3.05, 3.63) is 42.2 Å². The molecule has 2 heterocycles. The Kier molecular flexibility index (Phi) is 4.77. The van der Waals surface area contributed by atoms with Crippen LogP contribution in [0.3, 0.4) is 0 Å². The second-order valence-electron chi connectivity index (χ2n) is 5.40. The third kappa shape index (κ3) is 4.23. The molecular weight excluding hydrogens is 298 g/mol. The molecule has 7 nitrogen and oxygen atoms in total. The molecule has 1 amide bonds. The van der Waals surface area contributed by atoms with Gasteiger partial charge in [-0.05, 0) is 19.1 Å². The molecule has 0 unspecified atom stereocenters. The Balaban J connectivity index is 1.47. The summed E-state index contributed by atoms with van der Waals surface area (Å²) < 4.78 is 16.6. The van der Waals surface area contributed by atoms with E-state index in [1.807, 2.05) is 31.2 Å². The lowest BCUT2D eigenvalue weighted by Crippen LogP contribution is -2.46. The largest absolute Gasteiger partial charge is 0.484 e. The van der Waals surface area contributed by atoms with E-state index in [2.05, 4.69) is 15.5 Å². The van der Waals surface area contributed by atoms with Crippen molar-refractivity contribution in [1.29, 1.82) is 0 Å². The minimum Gasteiger partial charge on any atom is -0.484 e. The number of nitrogens with one attached hydrogen (secondary N) is 2. The Morgan fingerprint density at radius 2 is 2.17 bits per heavy atom. The SMILES string of the molecule is Cc1ccc(OCC(=O)N[C@H]2COC[C@H]2Oc2cn[nH]c2)cc1. The first-order valence-electron chi connectivity index (χ1n) is 7.43. The lowest BCUT2D eigenvalue weighted by molar-refractivity contribution is -0.124. The predicted molar refractivity (Wildman–Crippen MR) is 82.4 cm³/mol. The number of rotatable bonds is 6. The van der Waals surface area contributed by atoms with Crippen molar-refractivity contribution in [2.45, 2.75) is 19.1 Å². The highest BCUT2D eigenvalue weighted by Crippen LogP contribution is 2.15. The zero-order valence-electron chi connectivity index (χ0n) is 12.8. The van der Waals surface area contributed by atoms with Gasteiger partial charge >= 0.3 is 0 Å². The molecule has 0 spiro atoms. The molecule has 1 aromatic carbocycles. The topological polar surface area (TPSA) is 85.5 Å². The number of hydrogen-bond acceptors (Lipinski definition) is 5. The minimum absolute atomic E-state index is 0.0437. The fourth-order valence-corrected chi connectivity index (χ4v) is 2.30. The normalized spacial score (nSPS) is 20.2. The van der Waals surface area contributed by atoms with Crippen molar-refractivity contribution in [3.63, 3.8) is 0 Å². The van der Waals surface area contributed by atoms with E-state index in [1.54, 1.807) is 12.4 Å². The summed E-state index contributed by atoms with van der Waals surface area (Å²) in [6, 6.07) is 7.34. The zero-order valence-corrected chi connectivity index (χ0v) is 12.8. The molecular formula is C16H19N3O4. The highest BCUT2D eigenvalue weighted by Gasteiger charge is 2.31. The number of aromatic nitrogens is 2. The van der Waals surface area contributed by atoms with Gasteiger partial charge in [0, 0.05) is 0 Å². The predicted octanol–water partition coefficient (Wildman–Crippen LogP) is 1.06. The van der Waals surface area contributed by atoms with Crippen LogP contribution in [-0.4, -0.2) is 48.1 Å². The summed E-state index contributed by atoms with van der Waals surface area (Å²) in [7, 11) is 0. The van der Waals surface area contributed by atoms with E-state index in [-0.39, 0.29) is 24.7 Å². The van der Waals surface area contributed by atoms with Gasteiger partial charge in [-0.3, -0.25) is 9.89 Å². The maximum atomic E-state index is 12.0. The number of nitrogens with zero attached hydrogens (tertiary/aromatic N) is 1. The molecule has 0 aliphatic carbocycles. The van der Waals surface area contributed by atoms with Crippen LogP contribution in [0.5, 0.6) is 11.5 Å². The van der Waals surface area contributed by atoms with Crippen LogP contribution in [0.4, 0.5) is 0 Å². The maximum absolute atomic E-state index is 12.0. The second-order valence-corrected chi connectivity index (χ2v) is 5.40. The van der Waals surface area contributed by atoms with E-state index < -0.39 is 0 Å². The van der Waals surface area contributed by atoms with Crippen LogP contribution in [0, 0.1) is 6.92 Å². The molecule has 0 saturated carbocycles. The lowest BCUT2D eigenvalue weighted by atomic mass is 10.2. The van der Waals surface area contributed by atoms with Crippen molar-refractivity contribution in [3.8, 4) is 11.5 Å². The number of amides is 1. The van der Waals surface area contributed by atoms with Crippen LogP contribution in [-0.2, 0) is 9.53 Å². The zero-order chi connectivity index (χ0) is 16.1. The molecule has 0 radical (unpaired) electrons. The number of H-pyrrole nitrogens is 1. The molecule has 2 aromatic rings. The Morgan fingerprint density at radius 1 is 1.35 bits per heavy atom. The van der Waals surface area contributed by atoms with Crippen LogP contribution in [0.2, 0.25) is 0 Å². The van der Waals surface area contributed by atoms with Crippen molar-refractivity contribution < 1.29 is 19.0 Å². The summed E-state index contributed by atoms with van der Waals surface area (Å²) in [5.41, 5.74) is 1.14. The van der Waals surface area contributed by atoms with Crippen LogP contribution >= 0.6 is 0 Å². The second kappa shape index (κ2) is 7.15. The molecule has 3 rings (SSSR count). The number of ether oxygens (including phenoxy) is 3. The molecule has 23 heavy (non-hydrogen) atoms. The van der Waals surface area contributed by atoms with Crippen LogP contribution in [0.25, 0.3) is 0 Å². The van der Waals surface area contributed by atoms with Crippen LogP contribution in [0.1, 0.15) is 5.56 Å². The quantitative estimate of drug-likeness (QED) is 0.832. The average molecular weight is 317 g/mol. The van der Waals surface area contributed by atoms with Gasteiger partial charge in [-0.15, -0.1) is 0 Å². The van der Waals surface area contributed by atoms with Gasteiger partial charge in [0.1, 0.15) is 11.9 Å². The van der Waals surface area contributed by atoms with Gasteiger partial charge in [0.2, 0.25) is 0 Å². The molecule has 1 fully saturated rings. The molecule has 7 heteroatoms. The fourth-order valence-electron chi connectivity index (χ4n) is 2.30. The van der Waals surface area contributed by atoms with Gasteiger partial charge in [0.05, 0.1) is 31.6 Å². The van der Waals surface area contributed by atoms with Gasteiger partial charge in [-0.2, -0.15) is 5.10 Å². The Labute approximate surface area is 133 Å². The molecule has 2 atom stereocenters. The van der Waals surface area contributed by atoms with E-state index in [9.17, 15) is 4.79 Å². The smallest absolute Gasteiger partial charge is 0.258 e. The first-order chi connectivity index (χ1) is 11.2. The molecule has 1 aliphatic rings.